The zero-order chi connectivity index (χ0) is 21.7. The normalized spacial score (nSPS) is 12.8. The van der Waals surface area contributed by atoms with Crippen molar-refractivity contribution >= 4 is 17.9 Å². The molecule has 0 bridgehead atoms. The van der Waals surface area contributed by atoms with Crippen molar-refractivity contribution in [1.82, 2.24) is 19.3 Å². The van der Waals surface area contributed by atoms with Crippen LogP contribution < -0.4 is 0 Å². The van der Waals surface area contributed by atoms with Crippen LogP contribution in [0, 0.1) is 11.8 Å². The van der Waals surface area contributed by atoms with E-state index in [4.69, 9.17) is 4.74 Å². The molecule has 2 aromatic heterocycles. The van der Waals surface area contributed by atoms with E-state index in [0.717, 1.165) is 0 Å². The van der Waals surface area contributed by atoms with Gasteiger partial charge in [-0.05, 0) is 26.2 Å². The molecule has 30 heavy (non-hydrogen) atoms. The van der Waals surface area contributed by atoms with Gasteiger partial charge in [0.2, 0.25) is 0 Å². The van der Waals surface area contributed by atoms with Crippen LogP contribution in [0.3, 0.4) is 0 Å². The predicted octanol–water partition coefficient (Wildman–Crippen LogP) is 1.42. The van der Waals surface area contributed by atoms with Gasteiger partial charge in [0.25, 0.3) is 0 Å². The molecule has 0 unspecified atom stereocenters. The van der Waals surface area contributed by atoms with E-state index in [-0.39, 0.29) is 12.1 Å². The maximum absolute atomic E-state index is 12.0. The highest BCUT2D eigenvalue weighted by Gasteiger charge is 2.23. The first-order chi connectivity index (χ1) is 14.3. The molecule has 0 amide bonds. The summed E-state index contributed by atoms with van der Waals surface area (Å²) in [6, 6.07) is 7.13. The van der Waals surface area contributed by atoms with Crippen LogP contribution in [0.5, 0.6) is 0 Å². The molecule has 1 aromatic carbocycles. The van der Waals surface area contributed by atoms with Crippen LogP contribution in [0.4, 0.5) is 0 Å². The first kappa shape index (κ1) is 21.2. The van der Waals surface area contributed by atoms with E-state index in [1.807, 2.05) is 25.1 Å². The first-order valence-corrected chi connectivity index (χ1v) is 9.24. The van der Waals surface area contributed by atoms with Crippen LogP contribution in [0.25, 0.3) is 16.9 Å². The van der Waals surface area contributed by atoms with E-state index in [9.17, 15) is 14.7 Å². The fraction of sp³-hybridized carbons (Fsp3) is 0.273. The monoisotopic (exact) mass is 406 g/mol. The molecule has 0 saturated heterocycles. The Balaban J connectivity index is 2.00. The highest BCUT2D eigenvalue weighted by Crippen LogP contribution is 2.23. The van der Waals surface area contributed by atoms with Crippen LogP contribution in [-0.4, -0.2) is 70.0 Å². The van der Waals surface area contributed by atoms with Crippen LogP contribution in [-0.2, 0) is 9.53 Å². The summed E-state index contributed by atoms with van der Waals surface area (Å²) in [6.07, 6.45) is 5.54. The van der Waals surface area contributed by atoms with Gasteiger partial charge in [-0.2, -0.15) is 0 Å². The summed E-state index contributed by atoms with van der Waals surface area (Å²) in [7, 11) is 5.00. The maximum Gasteiger partial charge on any atom is 0.358 e. The molecule has 2 heterocycles. The number of benzene rings is 1. The van der Waals surface area contributed by atoms with Crippen molar-refractivity contribution in [3.05, 3.63) is 54.1 Å². The molecule has 0 aliphatic rings. The van der Waals surface area contributed by atoms with Gasteiger partial charge in [-0.25, -0.2) is 14.8 Å². The van der Waals surface area contributed by atoms with Crippen LogP contribution in [0.2, 0.25) is 0 Å². The van der Waals surface area contributed by atoms with Gasteiger partial charge in [0, 0.05) is 42.7 Å². The Morgan fingerprint density at radius 1 is 1.40 bits per heavy atom. The van der Waals surface area contributed by atoms with Gasteiger partial charge in [0.05, 0.1) is 7.11 Å². The summed E-state index contributed by atoms with van der Waals surface area (Å²) in [5.41, 5.74) is 0.764. The molecule has 0 saturated carbocycles. The number of hydrogen-bond donors (Lipinski definition) is 1. The zero-order valence-corrected chi connectivity index (χ0v) is 17.0. The summed E-state index contributed by atoms with van der Waals surface area (Å²) in [6.45, 7) is 0.520. The molecule has 0 spiro atoms. The van der Waals surface area contributed by atoms with Crippen molar-refractivity contribution < 1.29 is 19.4 Å². The fourth-order valence-electron chi connectivity index (χ4n) is 2.80. The third-order valence-corrected chi connectivity index (χ3v) is 4.46. The topological polar surface area (TPSA) is 97.0 Å². The Hall–Kier alpha value is -3.54. The van der Waals surface area contributed by atoms with E-state index in [2.05, 4.69) is 21.8 Å². The van der Waals surface area contributed by atoms with Crippen molar-refractivity contribution in [2.75, 3.05) is 27.7 Å². The average Bonchev–Trinajstić information content (AvgIpc) is 3.24. The van der Waals surface area contributed by atoms with Gasteiger partial charge < -0.3 is 19.1 Å². The molecular formula is C22H22N4O4. The summed E-state index contributed by atoms with van der Waals surface area (Å²) in [4.78, 5) is 33.9. The molecule has 3 rings (SSSR count). The number of aliphatic hydroxyl groups is 1. The Morgan fingerprint density at radius 2 is 2.20 bits per heavy atom. The number of hydrogen-bond acceptors (Lipinski definition) is 7. The second-order valence-corrected chi connectivity index (χ2v) is 7.05. The van der Waals surface area contributed by atoms with Gasteiger partial charge in [0.1, 0.15) is 5.69 Å². The number of imidazole rings is 1. The van der Waals surface area contributed by atoms with Crippen LogP contribution >= 0.6 is 0 Å². The van der Waals surface area contributed by atoms with Gasteiger partial charge >= 0.3 is 5.97 Å². The van der Waals surface area contributed by atoms with Gasteiger partial charge in [-0.15, -0.1) is 0 Å². The van der Waals surface area contributed by atoms with Gasteiger partial charge in [0.15, 0.2) is 23.2 Å². The number of fused-ring (bicyclic) bond motifs is 1. The van der Waals surface area contributed by atoms with Crippen molar-refractivity contribution in [3.8, 4) is 23.1 Å². The summed E-state index contributed by atoms with van der Waals surface area (Å²) >= 11 is 0. The minimum absolute atomic E-state index is 0.147. The number of rotatable bonds is 6. The molecule has 0 aliphatic carbocycles. The summed E-state index contributed by atoms with van der Waals surface area (Å²) in [5, 5.41) is 10.4. The summed E-state index contributed by atoms with van der Waals surface area (Å²) < 4.78 is 6.48. The highest BCUT2D eigenvalue weighted by atomic mass is 16.5. The number of carbonyl (C=O) groups is 2. The molecule has 1 N–H and O–H groups in total. The number of esters is 1. The lowest BCUT2D eigenvalue weighted by Crippen LogP contribution is -2.33. The molecule has 3 aromatic rings. The van der Waals surface area contributed by atoms with E-state index in [1.165, 1.54) is 7.11 Å². The predicted molar refractivity (Wildman–Crippen MR) is 111 cm³/mol. The van der Waals surface area contributed by atoms with E-state index in [1.54, 1.807) is 41.2 Å². The minimum atomic E-state index is -1.72. The van der Waals surface area contributed by atoms with Crippen molar-refractivity contribution in [2.24, 2.45) is 0 Å². The van der Waals surface area contributed by atoms with E-state index >= 15 is 0 Å². The van der Waals surface area contributed by atoms with Gasteiger partial charge in [-0.1, -0.05) is 24.0 Å². The van der Waals surface area contributed by atoms with E-state index < -0.39 is 11.6 Å². The lowest BCUT2D eigenvalue weighted by atomic mass is 10.0. The molecule has 0 radical (unpaired) electrons. The second kappa shape index (κ2) is 8.86. The van der Waals surface area contributed by atoms with E-state index in [0.29, 0.717) is 35.3 Å². The van der Waals surface area contributed by atoms with Gasteiger partial charge in [-0.3, -0.25) is 4.79 Å². The minimum Gasteiger partial charge on any atom is -0.464 e. The average molecular weight is 406 g/mol. The molecule has 8 nitrogen and oxygen atoms in total. The molecule has 1 atom stereocenters. The number of aldehydes is 1. The number of nitrogens with zero attached hydrogens (tertiary/aromatic N) is 4. The number of aromatic nitrogens is 3. The third-order valence-electron chi connectivity index (χ3n) is 4.46. The lowest BCUT2D eigenvalue weighted by Gasteiger charge is -2.17. The number of carbonyl (C=O) groups excluding carboxylic acids is 2. The number of ether oxygens (including phenoxy) is 1. The van der Waals surface area contributed by atoms with Crippen LogP contribution in [0.1, 0.15) is 22.5 Å². The smallest absolute Gasteiger partial charge is 0.358 e. The van der Waals surface area contributed by atoms with Crippen LogP contribution in [0.15, 0.2) is 42.9 Å². The Bertz CT molecular complexity index is 1140. The molecule has 0 fully saturated rings. The lowest BCUT2D eigenvalue weighted by molar-refractivity contribution is -0.119. The zero-order valence-electron chi connectivity index (χ0n) is 17.0. The standard InChI is InChI=1S/C22H22N4O4/c1-25(2)11-9-22(29,15-27)8-7-16-5-4-6-17(13-16)19-20-23-10-12-26(20)14-18(24-19)21(28)30-3/h4-6,10,12-15,29H,9,11H2,1-3H3/t22-/m0/s1. The Morgan fingerprint density at radius 3 is 2.90 bits per heavy atom. The molecule has 8 heteroatoms. The highest BCUT2D eigenvalue weighted by molar-refractivity contribution is 5.89. The Kier molecular flexibility index (Phi) is 6.26. The SMILES string of the molecule is COC(=O)c1cn2ccnc2c(-c2cccc(C#C[C@@](O)(C=O)CCN(C)C)c2)n1. The molecule has 154 valence electrons. The van der Waals surface area contributed by atoms with Crippen molar-refractivity contribution in [3.63, 3.8) is 0 Å². The maximum atomic E-state index is 12.0. The largest absolute Gasteiger partial charge is 0.464 e. The second-order valence-electron chi connectivity index (χ2n) is 7.05. The van der Waals surface area contributed by atoms with Crippen molar-refractivity contribution in [1.29, 1.82) is 0 Å². The quantitative estimate of drug-likeness (QED) is 0.376. The Labute approximate surface area is 174 Å². The van der Waals surface area contributed by atoms with Crippen molar-refractivity contribution in [2.45, 2.75) is 12.0 Å². The number of methoxy groups -OCH3 is 1. The third kappa shape index (κ3) is 4.71. The fourth-order valence-corrected chi connectivity index (χ4v) is 2.80. The molecular weight excluding hydrogens is 384 g/mol. The first-order valence-electron chi connectivity index (χ1n) is 9.24. The summed E-state index contributed by atoms with van der Waals surface area (Å²) in [5.74, 6) is 4.97. The molecule has 0 aliphatic heterocycles.